The normalized spacial score (nSPS) is 12.2. The van der Waals surface area contributed by atoms with Crippen molar-refractivity contribution in [2.45, 2.75) is 19.4 Å². The lowest BCUT2D eigenvalue weighted by atomic mass is 10.1. The Morgan fingerprint density at radius 2 is 2.11 bits per heavy atom. The van der Waals surface area contributed by atoms with Crippen LogP contribution in [0.5, 0.6) is 0 Å². The predicted octanol–water partition coefficient (Wildman–Crippen LogP) is 4.01. The van der Waals surface area contributed by atoms with E-state index in [1.807, 2.05) is 12.3 Å². The quantitative estimate of drug-likeness (QED) is 0.894. The predicted molar refractivity (Wildman–Crippen MR) is 79.1 cm³/mol. The van der Waals surface area contributed by atoms with Crippen LogP contribution in [0.15, 0.2) is 40.2 Å². The summed E-state index contributed by atoms with van der Waals surface area (Å²) in [5.41, 5.74) is 1.00. The highest BCUT2D eigenvalue weighted by Gasteiger charge is 2.12. The van der Waals surface area contributed by atoms with Gasteiger partial charge in [-0.15, -0.1) is 11.3 Å². The van der Waals surface area contributed by atoms with Crippen LogP contribution in [0.25, 0.3) is 0 Å². The first kappa shape index (κ1) is 14.2. The fourth-order valence-electron chi connectivity index (χ4n) is 1.75. The zero-order valence-electron chi connectivity index (χ0n) is 10.3. The molecule has 1 atom stereocenters. The van der Waals surface area contributed by atoms with Crippen molar-refractivity contribution in [3.8, 4) is 0 Å². The lowest BCUT2D eigenvalue weighted by Crippen LogP contribution is -2.33. The number of halogens is 2. The van der Waals surface area contributed by atoms with Crippen LogP contribution < -0.4 is 5.32 Å². The molecule has 2 aromatic rings. The Balaban J connectivity index is 1.92. The van der Waals surface area contributed by atoms with Crippen molar-refractivity contribution in [3.05, 3.63) is 56.4 Å². The third-order valence-corrected chi connectivity index (χ3v) is 4.31. The molecule has 1 heterocycles. The molecule has 0 bridgehead atoms. The van der Waals surface area contributed by atoms with Gasteiger partial charge in [0.1, 0.15) is 5.82 Å². The number of carbonyl (C=O) groups is 1. The van der Waals surface area contributed by atoms with Gasteiger partial charge in [-0.3, -0.25) is 4.79 Å². The molecule has 0 aliphatic rings. The van der Waals surface area contributed by atoms with E-state index in [1.165, 1.54) is 23.5 Å². The van der Waals surface area contributed by atoms with Gasteiger partial charge in [-0.1, -0.05) is 12.1 Å². The molecule has 19 heavy (non-hydrogen) atoms. The lowest BCUT2D eigenvalue weighted by molar-refractivity contribution is 0.0944. The smallest absolute Gasteiger partial charge is 0.261 e. The van der Waals surface area contributed by atoms with Crippen molar-refractivity contribution in [1.82, 2.24) is 5.32 Å². The Bertz CT molecular complexity index is 567. The van der Waals surface area contributed by atoms with Crippen LogP contribution in [-0.2, 0) is 6.42 Å². The van der Waals surface area contributed by atoms with E-state index in [9.17, 15) is 9.18 Å². The van der Waals surface area contributed by atoms with Gasteiger partial charge in [0.05, 0.1) is 4.88 Å². The van der Waals surface area contributed by atoms with Gasteiger partial charge in [0.25, 0.3) is 5.91 Å². The first-order valence-corrected chi connectivity index (χ1v) is 7.51. The van der Waals surface area contributed by atoms with Gasteiger partial charge in [-0.2, -0.15) is 0 Å². The molecule has 0 aliphatic carbocycles. The Morgan fingerprint density at radius 1 is 1.42 bits per heavy atom. The summed E-state index contributed by atoms with van der Waals surface area (Å²) in [5, 5.41) is 4.80. The molecule has 0 saturated carbocycles. The minimum atomic E-state index is -0.246. The van der Waals surface area contributed by atoms with Crippen molar-refractivity contribution in [1.29, 1.82) is 0 Å². The molecule has 0 aliphatic heterocycles. The molecule has 0 spiro atoms. The zero-order chi connectivity index (χ0) is 13.8. The summed E-state index contributed by atoms with van der Waals surface area (Å²) in [6, 6.07) is 8.13. The standard InChI is InChI=1S/C14H13BrFNOS/c1-9(6-10-2-4-12(16)5-3-10)17-14(18)13-7-11(15)8-19-13/h2-5,7-9H,6H2,1H3,(H,17,18)/t9-/m0/s1. The van der Waals surface area contributed by atoms with Crippen molar-refractivity contribution < 1.29 is 9.18 Å². The number of benzene rings is 1. The number of amides is 1. The molecule has 0 saturated heterocycles. The molecule has 0 radical (unpaired) electrons. The van der Waals surface area contributed by atoms with E-state index in [1.54, 1.807) is 18.2 Å². The Hall–Kier alpha value is -1.20. The summed E-state index contributed by atoms with van der Waals surface area (Å²) in [4.78, 5) is 12.6. The molecule has 1 N–H and O–H groups in total. The number of hydrogen-bond donors (Lipinski definition) is 1. The van der Waals surface area contributed by atoms with Gasteiger partial charge in [-0.05, 0) is 53.0 Å². The summed E-state index contributed by atoms with van der Waals surface area (Å²) < 4.78 is 13.7. The highest BCUT2D eigenvalue weighted by atomic mass is 79.9. The highest BCUT2D eigenvalue weighted by Crippen LogP contribution is 2.19. The first-order valence-electron chi connectivity index (χ1n) is 5.84. The van der Waals surface area contributed by atoms with E-state index in [2.05, 4.69) is 21.2 Å². The van der Waals surface area contributed by atoms with Gasteiger partial charge in [0.15, 0.2) is 0 Å². The number of rotatable bonds is 4. The van der Waals surface area contributed by atoms with E-state index < -0.39 is 0 Å². The first-order chi connectivity index (χ1) is 9.04. The molecule has 100 valence electrons. The Kier molecular flexibility index (Phi) is 4.71. The maximum atomic E-state index is 12.8. The molecule has 5 heteroatoms. The minimum absolute atomic E-state index is 0.00108. The van der Waals surface area contributed by atoms with E-state index in [0.717, 1.165) is 10.0 Å². The van der Waals surface area contributed by atoms with E-state index in [0.29, 0.717) is 11.3 Å². The topological polar surface area (TPSA) is 29.1 Å². The Labute approximate surface area is 123 Å². The average Bonchev–Trinajstić information content (AvgIpc) is 2.79. The summed E-state index contributed by atoms with van der Waals surface area (Å²) in [5.74, 6) is -0.325. The van der Waals surface area contributed by atoms with E-state index >= 15 is 0 Å². The molecule has 1 amide bonds. The number of carbonyl (C=O) groups excluding carboxylic acids is 1. The van der Waals surface area contributed by atoms with Gasteiger partial charge in [-0.25, -0.2) is 4.39 Å². The van der Waals surface area contributed by atoms with Crippen LogP contribution in [0.2, 0.25) is 0 Å². The molecular weight excluding hydrogens is 329 g/mol. The molecular formula is C14H13BrFNOS. The van der Waals surface area contributed by atoms with Crippen LogP contribution in [0, 0.1) is 5.82 Å². The third kappa shape index (κ3) is 4.14. The maximum Gasteiger partial charge on any atom is 0.261 e. The summed E-state index contributed by atoms with van der Waals surface area (Å²) in [6.07, 6.45) is 0.679. The second kappa shape index (κ2) is 6.30. The minimum Gasteiger partial charge on any atom is -0.349 e. The molecule has 0 fully saturated rings. The monoisotopic (exact) mass is 341 g/mol. The van der Waals surface area contributed by atoms with Crippen LogP contribution in [0.4, 0.5) is 4.39 Å². The largest absolute Gasteiger partial charge is 0.349 e. The molecule has 1 aromatic heterocycles. The average molecular weight is 342 g/mol. The summed E-state index contributed by atoms with van der Waals surface area (Å²) >= 11 is 4.72. The van der Waals surface area contributed by atoms with Crippen molar-refractivity contribution in [2.24, 2.45) is 0 Å². The maximum absolute atomic E-state index is 12.8. The van der Waals surface area contributed by atoms with Gasteiger partial charge >= 0.3 is 0 Å². The summed E-state index contributed by atoms with van der Waals surface area (Å²) in [6.45, 7) is 1.93. The third-order valence-electron chi connectivity index (χ3n) is 2.62. The number of hydrogen-bond acceptors (Lipinski definition) is 2. The van der Waals surface area contributed by atoms with Gasteiger partial charge in [0.2, 0.25) is 0 Å². The van der Waals surface area contributed by atoms with Gasteiger partial charge in [0, 0.05) is 15.9 Å². The highest BCUT2D eigenvalue weighted by molar-refractivity contribution is 9.10. The van der Waals surface area contributed by atoms with Crippen LogP contribution in [-0.4, -0.2) is 11.9 Å². The molecule has 2 nitrogen and oxygen atoms in total. The van der Waals surface area contributed by atoms with Gasteiger partial charge < -0.3 is 5.32 Å². The fraction of sp³-hybridized carbons (Fsp3) is 0.214. The lowest BCUT2D eigenvalue weighted by Gasteiger charge is -2.13. The van der Waals surface area contributed by atoms with Crippen molar-refractivity contribution in [2.75, 3.05) is 0 Å². The van der Waals surface area contributed by atoms with Crippen LogP contribution >= 0.6 is 27.3 Å². The zero-order valence-corrected chi connectivity index (χ0v) is 12.7. The van der Waals surface area contributed by atoms with Crippen LogP contribution in [0.3, 0.4) is 0 Å². The molecule has 0 unspecified atom stereocenters. The number of nitrogens with one attached hydrogen (secondary N) is 1. The number of thiophene rings is 1. The van der Waals surface area contributed by atoms with E-state index in [-0.39, 0.29) is 17.8 Å². The fourth-order valence-corrected chi connectivity index (χ4v) is 3.08. The molecule has 1 aromatic carbocycles. The Morgan fingerprint density at radius 3 is 2.68 bits per heavy atom. The summed E-state index contributed by atoms with van der Waals surface area (Å²) in [7, 11) is 0. The van der Waals surface area contributed by atoms with Crippen LogP contribution in [0.1, 0.15) is 22.2 Å². The van der Waals surface area contributed by atoms with E-state index in [4.69, 9.17) is 0 Å². The van der Waals surface area contributed by atoms with Crippen molar-refractivity contribution >= 4 is 33.2 Å². The molecule has 2 rings (SSSR count). The second-order valence-corrected chi connectivity index (χ2v) is 6.16. The second-order valence-electron chi connectivity index (χ2n) is 4.33. The SMILES string of the molecule is C[C@@H](Cc1ccc(F)cc1)NC(=O)c1cc(Br)cs1. The van der Waals surface area contributed by atoms with Crippen molar-refractivity contribution in [3.63, 3.8) is 0 Å².